The van der Waals surface area contributed by atoms with E-state index < -0.39 is 0 Å². The lowest BCUT2D eigenvalue weighted by Crippen LogP contribution is -2.57. The van der Waals surface area contributed by atoms with Gasteiger partial charge < -0.3 is 10.1 Å². The molecule has 0 amide bonds. The molecule has 1 aliphatic rings. The molecule has 0 aromatic heterocycles. The van der Waals surface area contributed by atoms with Gasteiger partial charge in [0.1, 0.15) is 0 Å². The van der Waals surface area contributed by atoms with E-state index in [1.165, 1.54) is 57.8 Å². The lowest BCUT2D eigenvalue weighted by molar-refractivity contribution is -0.103. The molecule has 19 heavy (non-hydrogen) atoms. The van der Waals surface area contributed by atoms with Gasteiger partial charge in [0.15, 0.2) is 0 Å². The van der Waals surface area contributed by atoms with Crippen molar-refractivity contribution in [2.45, 2.75) is 90.2 Å². The summed E-state index contributed by atoms with van der Waals surface area (Å²) in [7, 11) is 1.91. The van der Waals surface area contributed by atoms with Gasteiger partial charge in [-0.1, -0.05) is 46.5 Å². The zero-order valence-electron chi connectivity index (χ0n) is 13.6. The minimum Gasteiger partial charge on any atom is -0.377 e. The lowest BCUT2D eigenvalue weighted by atomic mass is 9.71. The Hall–Kier alpha value is -0.0800. The first kappa shape index (κ1) is 17.0. The molecule has 0 aliphatic heterocycles. The zero-order valence-corrected chi connectivity index (χ0v) is 13.6. The molecule has 1 rings (SSSR count). The second-order valence-electron chi connectivity index (χ2n) is 6.28. The van der Waals surface area contributed by atoms with Crippen molar-refractivity contribution in [2.24, 2.45) is 5.92 Å². The van der Waals surface area contributed by atoms with E-state index in [0.29, 0.717) is 6.04 Å². The third kappa shape index (κ3) is 4.75. The smallest absolute Gasteiger partial charge is 0.0831 e. The molecule has 0 heterocycles. The fourth-order valence-corrected chi connectivity index (χ4v) is 3.34. The zero-order chi connectivity index (χ0) is 14.1. The second-order valence-corrected chi connectivity index (χ2v) is 6.28. The Morgan fingerprint density at radius 2 is 1.89 bits per heavy atom. The summed E-state index contributed by atoms with van der Waals surface area (Å²) in [6, 6.07) is 0.563. The van der Waals surface area contributed by atoms with E-state index in [-0.39, 0.29) is 5.60 Å². The van der Waals surface area contributed by atoms with Crippen LogP contribution in [0, 0.1) is 5.92 Å². The van der Waals surface area contributed by atoms with Crippen molar-refractivity contribution in [2.75, 3.05) is 13.7 Å². The average Bonchev–Trinajstić information content (AvgIpc) is 2.39. The predicted octanol–water partition coefficient (Wildman–Crippen LogP) is 4.53. The number of methoxy groups -OCH3 is 1. The van der Waals surface area contributed by atoms with Crippen LogP contribution < -0.4 is 5.32 Å². The van der Waals surface area contributed by atoms with Crippen LogP contribution in [0.4, 0.5) is 0 Å². The van der Waals surface area contributed by atoms with E-state index in [1.54, 1.807) is 0 Å². The first-order valence-electron chi connectivity index (χ1n) is 8.50. The molecule has 1 N–H and O–H groups in total. The van der Waals surface area contributed by atoms with Gasteiger partial charge in [0.2, 0.25) is 0 Å². The molecule has 114 valence electrons. The van der Waals surface area contributed by atoms with Crippen molar-refractivity contribution in [3.05, 3.63) is 0 Å². The van der Waals surface area contributed by atoms with Crippen molar-refractivity contribution in [3.63, 3.8) is 0 Å². The molecule has 0 aromatic carbocycles. The number of unbranched alkanes of at least 4 members (excludes halogenated alkanes) is 1. The molecule has 0 aromatic rings. The summed E-state index contributed by atoms with van der Waals surface area (Å²) in [6.07, 6.45) is 11.7. The summed E-state index contributed by atoms with van der Waals surface area (Å²) in [6.45, 7) is 8.01. The molecule has 0 bridgehead atoms. The van der Waals surface area contributed by atoms with Crippen LogP contribution in [0.3, 0.4) is 0 Å². The summed E-state index contributed by atoms with van der Waals surface area (Å²) in [5, 5.41) is 3.78. The molecular formula is C17H35NO. The Balaban J connectivity index is 2.56. The maximum absolute atomic E-state index is 5.92. The second kappa shape index (κ2) is 8.97. The van der Waals surface area contributed by atoms with Crippen LogP contribution in [0.5, 0.6) is 0 Å². The SMILES string of the molecule is CCCCC(CC)CC(NCCC)C1(OC)CCC1. The molecule has 1 aliphatic carbocycles. The van der Waals surface area contributed by atoms with Gasteiger partial charge in [0.25, 0.3) is 0 Å². The van der Waals surface area contributed by atoms with E-state index >= 15 is 0 Å². The largest absolute Gasteiger partial charge is 0.377 e. The van der Waals surface area contributed by atoms with Crippen molar-refractivity contribution >= 4 is 0 Å². The van der Waals surface area contributed by atoms with Crippen LogP contribution in [0.2, 0.25) is 0 Å². The Labute approximate surface area is 120 Å². The van der Waals surface area contributed by atoms with Gasteiger partial charge in [-0.05, 0) is 44.6 Å². The van der Waals surface area contributed by atoms with Crippen LogP contribution in [0.25, 0.3) is 0 Å². The third-order valence-electron chi connectivity index (χ3n) is 4.99. The first-order chi connectivity index (χ1) is 9.22. The summed E-state index contributed by atoms with van der Waals surface area (Å²) in [5.41, 5.74) is 0.148. The highest BCUT2D eigenvalue weighted by Gasteiger charge is 2.44. The normalized spacial score (nSPS) is 20.8. The average molecular weight is 269 g/mol. The molecule has 0 saturated heterocycles. The third-order valence-corrected chi connectivity index (χ3v) is 4.99. The first-order valence-corrected chi connectivity index (χ1v) is 8.50. The van der Waals surface area contributed by atoms with Crippen LogP contribution in [-0.2, 0) is 4.74 Å². The maximum atomic E-state index is 5.92. The van der Waals surface area contributed by atoms with Gasteiger partial charge in [0, 0.05) is 13.2 Å². The Morgan fingerprint density at radius 3 is 2.32 bits per heavy atom. The van der Waals surface area contributed by atoms with Crippen LogP contribution in [0.15, 0.2) is 0 Å². The summed E-state index contributed by atoms with van der Waals surface area (Å²) < 4.78 is 5.92. The van der Waals surface area contributed by atoms with Gasteiger partial charge in [-0.2, -0.15) is 0 Å². The highest BCUT2D eigenvalue weighted by Crippen LogP contribution is 2.40. The minimum atomic E-state index is 0.148. The summed E-state index contributed by atoms with van der Waals surface area (Å²) in [4.78, 5) is 0. The minimum absolute atomic E-state index is 0.148. The maximum Gasteiger partial charge on any atom is 0.0831 e. The van der Waals surface area contributed by atoms with Gasteiger partial charge in [-0.15, -0.1) is 0 Å². The van der Waals surface area contributed by atoms with Crippen molar-refractivity contribution < 1.29 is 4.74 Å². The van der Waals surface area contributed by atoms with Crippen LogP contribution in [-0.4, -0.2) is 25.3 Å². The van der Waals surface area contributed by atoms with E-state index in [9.17, 15) is 0 Å². The van der Waals surface area contributed by atoms with Gasteiger partial charge in [-0.25, -0.2) is 0 Å². The quantitative estimate of drug-likeness (QED) is 0.595. The number of ether oxygens (including phenoxy) is 1. The highest BCUT2D eigenvalue weighted by atomic mass is 16.5. The molecular weight excluding hydrogens is 234 g/mol. The van der Waals surface area contributed by atoms with E-state index in [4.69, 9.17) is 4.74 Å². The Morgan fingerprint density at radius 1 is 1.16 bits per heavy atom. The van der Waals surface area contributed by atoms with Gasteiger partial charge >= 0.3 is 0 Å². The van der Waals surface area contributed by atoms with E-state index in [2.05, 4.69) is 26.1 Å². The predicted molar refractivity (Wildman–Crippen MR) is 83.6 cm³/mol. The molecule has 0 spiro atoms. The van der Waals surface area contributed by atoms with E-state index in [0.717, 1.165) is 12.5 Å². The standard InChI is InChI=1S/C17H35NO/c1-5-8-10-15(7-3)14-16(18-13-6-2)17(19-4)11-9-12-17/h15-16,18H,5-14H2,1-4H3. The van der Waals surface area contributed by atoms with Crippen LogP contribution >= 0.6 is 0 Å². The van der Waals surface area contributed by atoms with Gasteiger partial charge in [-0.3, -0.25) is 0 Å². The molecule has 2 heteroatoms. The molecule has 1 fully saturated rings. The molecule has 2 nitrogen and oxygen atoms in total. The van der Waals surface area contributed by atoms with Crippen molar-refractivity contribution in [3.8, 4) is 0 Å². The van der Waals surface area contributed by atoms with Crippen LogP contribution in [0.1, 0.15) is 78.6 Å². The number of rotatable bonds is 11. The number of nitrogens with one attached hydrogen (secondary N) is 1. The van der Waals surface area contributed by atoms with Crippen molar-refractivity contribution in [1.82, 2.24) is 5.32 Å². The summed E-state index contributed by atoms with van der Waals surface area (Å²) in [5.74, 6) is 0.863. The lowest BCUT2D eigenvalue weighted by Gasteiger charge is -2.48. The fourth-order valence-electron chi connectivity index (χ4n) is 3.34. The van der Waals surface area contributed by atoms with Gasteiger partial charge in [0.05, 0.1) is 5.60 Å². The molecule has 1 saturated carbocycles. The van der Waals surface area contributed by atoms with Crippen molar-refractivity contribution in [1.29, 1.82) is 0 Å². The molecule has 0 radical (unpaired) electrons. The number of hydrogen-bond donors (Lipinski definition) is 1. The Bertz CT molecular complexity index is 220. The summed E-state index contributed by atoms with van der Waals surface area (Å²) >= 11 is 0. The molecule has 2 unspecified atom stereocenters. The highest BCUT2D eigenvalue weighted by molar-refractivity contribution is 5.00. The topological polar surface area (TPSA) is 21.3 Å². The Kier molecular flexibility index (Phi) is 8.01. The van der Waals surface area contributed by atoms with E-state index in [1.807, 2.05) is 7.11 Å². The monoisotopic (exact) mass is 269 g/mol. The molecule has 2 atom stereocenters. The number of hydrogen-bond acceptors (Lipinski definition) is 2. The fraction of sp³-hybridized carbons (Fsp3) is 1.00.